The van der Waals surface area contributed by atoms with Crippen LogP contribution in [0.25, 0.3) is 5.76 Å². The number of rotatable bonds is 5. The number of carbonyl (C=O) groups excluding carboxylic acids is 4. The molecule has 0 unspecified atom stereocenters. The molecule has 4 atom stereocenters. The SMILES string of the molecule is CN(C)c1ccc(O)c2c1C[C@@]1(CNC(=O)C(C)(C)C)C[C@H]3[C@H](N(C)C)C(=O)C(C(N)=O)=C(O)[C@@]3(O)C(=O)C1=C2O. The first-order valence-corrected chi connectivity index (χ1v) is 13.3. The number of hydrogen-bond acceptors (Lipinski definition) is 10. The summed E-state index contributed by atoms with van der Waals surface area (Å²) in [5.74, 6) is -7.04. The number of carbonyl (C=O) groups is 4. The van der Waals surface area contributed by atoms with Crippen LogP contribution in [0.4, 0.5) is 5.69 Å². The molecular weight excluding hydrogens is 532 g/mol. The Labute approximate surface area is 238 Å². The van der Waals surface area contributed by atoms with E-state index in [9.17, 15) is 39.6 Å². The van der Waals surface area contributed by atoms with Gasteiger partial charge in [-0.15, -0.1) is 0 Å². The average Bonchev–Trinajstić information content (AvgIpc) is 2.83. The number of benzene rings is 1. The Kier molecular flexibility index (Phi) is 7.03. The number of amides is 2. The van der Waals surface area contributed by atoms with Gasteiger partial charge in [-0.3, -0.25) is 24.1 Å². The van der Waals surface area contributed by atoms with Gasteiger partial charge < -0.3 is 36.4 Å². The third kappa shape index (κ3) is 4.27. The Morgan fingerprint density at radius 1 is 1.10 bits per heavy atom. The third-order valence-corrected chi connectivity index (χ3v) is 8.55. The molecule has 1 fully saturated rings. The molecule has 1 saturated carbocycles. The predicted molar refractivity (Wildman–Crippen MR) is 150 cm³/mol. The Bertz CT molecular complexity index is 1440. The Balaban J connectivity index is 2.07. The fourth-order valence-electron chi connectivity index (χ4n) is 6.57. The number of anilines is 1. The van der Waals surface area contributed by atoms with Crippen molar-refractivity contribution in [1.82, 2.24) is 10.2 Å². The second kappa shape index (κ2) is 9.59. The molecule has 12 nitrogen and oxygen atoms in total. The van der Waals surface area contributed by atoms with Crippen LogP contribution in [0, 0.1) is 16.7 Å². The van der Waals surface area contributed by atoms with E-state index in [2.05, 4.69) is 5.32 Å². The van der Waals surface area contributed by atoms with Crippen molar-refractivity contribution in [2.24, 2.45) is 22.5 Å². The Hall–Kier alpha value is -3.90. The molecule has 12 heteroatoms. The summed E-state index contributed by atoms with van der Waals surface area (Å²) < 4.78 is 0. The van der Waals surface area contributed by atoms with Crippen molar-refractivity contribution in [2.75, 3.05) is 39.6 Å². The van der Waals surface area contributed by atoms with E-state index in [1.807, 2.05) is 0 Å². The van der Waals surface area contributed by atoms with Crippen LogP contribution in [0.15, 0.2) is 29.0 Å². The highest BCUT2D eigenvalue weighted by atomic mass is 16.3. The van der Waals surface area contributed by atoms with E-state index >= 15 is 0 Å². The van der Waals surface area contributed by atoms with E-state index in [-0.39, 0.29) is 42.2 Å². The molecule has 3 aliphatic carbocycles. The van der Waals surface area contributed by atoms with Crippen LogP contribution in [-0.2, 0) is 25.6 Å². The minimum Gasteiger partial charge on any atom is -0.508 e. The molecular formula is C29H38N4O8. The number of phenols is 1. The molecule has 41 heavy (non-hydrogen) atoms. The number of fused-ring (bicyclic) bond motifs is 3. The number of Topliss-reactive ketones (excluding diaryl/α,β-unsaturated/α-hetero) is 2. The minimum atomic E-state index is -2.79. The highest BCUT2D eigenvalue weighted by Gasteiger charge is 2.67. The minimum absolute atomic E-state index is 0.0194. The van der Waals surface area contributed by atoms with Gasteiger partial charge in [-0.05, 0) is 44.6 Å². The van der Waals surface area contributed by atoms with Gasteiger partial charge in [0.2, 0.25) is 11.7 Å². The number of primary amides is 1. The molecule has 0 aliphatic heterocycles. The lowest BCUT2D eigenvalue weighted by Gasteiger charge is -2.55. The smallest absolute Gasteiger partial charge is 0.255 e. The van der Waals surface area contributed by atoms with Gasteiger partial charge >= 0.3 is 0 Å². The highest BCUT2D eigenvalue weighted by Crippen LogP contribution is 2.58. The predicted octanol–water partition coefficient (Wildman–Crippen LogP) is 0.563. The van der Waals surface area contributed by atoms with Crippen LogP contribution in [0.5, 0.6) is 5.75 Å². The van der Waals surface area contributed by atoms with Crippen molar-refractivity contribution >= 4 is 34.8 Å². The lowest BCUT2D eigenvalue weighted by molar-refractivity contribution is -0.157. The van der Waals surface area contributed by atoms with Gasteiger partial charge in [-0.1, -0.05) is 20.8 Å². The number of nitrogens with one attached hydrogen (secondary N) is 1. The van der Waals surface area contributed by atoms with E-state index in [0.29, 0.717) is 11.3 Å². The zero-order chi connectivity index (χ0) is 31.0. The molecule has 0 saturated heterocycles. The molecule has 1 aromatic rings. The van der Waals surface area contributed by atoms with Crippen LogP contribution in [-0.4, -0.2) is 95.1 Å². The number of aliphatic hydroxyl groups excluding tert-OH is 2. The van der Waals surface area contributed by atoms with E-state index in [1.54, 1.807) is 45.8 Å². The number of aliphatic hydroxyl groups is 3. The topological polar surface area (TPSA) is 194 Å². The van der Waals surface area contributed by atoms with Crippen LogP contribution < -0.4 is 16.0 Å². The number of aromatic hydroxyl groups is 1. The van der Waals surface area contributed by atoms with Crippen LogP contribution in [0.3, 0.4) is 0 Å². The molecule has 0 bridgehead atoms. The summed E-state index contributed by atoms with van der Waals surface area (Å²) >= 11 is 0. The number of likely N-dealkylation sites (N-methyl/N-ethyl adjacent to an activating group) is 1. The van der Waals surface area contributed by atoms with Gasteiger partial charge in [0.15, 0.2) is 11.4 Å². The van der Waals surface area contributed by atoms with Gasteiger partial charge in [0.05, 0.1) is 11.6 Å². The standard InChI is InChI=1S/C29H38N4O8/c1-27(2,3)26(40)31-12-28-10-13-15(32(4)5)8-9-16(34)17(13)21(35)19(28)24(38)29(41)14(11-28)20(33(6)7)22(36)18(23(29)37)25(30)39/h8-9,14,20,34-35,37,41H,10-12H2,1-7H3,(H2,30,39)(H,31,40)/t14-,20-,28-,29+/m0/s1. The van der Waals surface area contributed by atoms with Gasteiger partial charge in [-0.25, -0.2) is 0 Å². The second-order valence-electron chi connectivity index (χ2n) is 12.7. The lowest BCUT2D eigenvalue weighted by atomic mass is 9.51. The van der Waals surface area contributed by atoms with E-state index < -0.39 is 63.0 Å². The molecule has 0 aromatic heterocycles. The second-order valence-corrected chi connectivity index (χ2v) is 12.7. The first-order chi connectivity index (χ1) is 18.8. The van der Waals surface area contributed by atoms with Crippen molar-refractivity contribution in [3.63, 3.8) is 0 Å². The summed E-state index contributed by atoms with van der Waals surface area (Å²) in [5.41, 5.74) is 0.347. The van der Waals surface area contributed by atoms with Crippen molar-refractivity contribution in [3.8, 4) is 5.75 Å². The van der Waals surface area contributed by atoms with E-state index in [0.717, 1.165) is 0 Å². The molecule has 7 N–H and O–H groups in total. The maximum Gasteiger partial charge on any atom is 0.255 e. The number of phenolic OH excluding ortho intramolecular Hbond substituents is 1. The Morgan fingerprint density at radius 2 is 1.71 bits per heavy atom. The average molecular weight is 571 g/mol. The summed E-state index contributed by atoms with van der Waals surface area (Å²) in [5, 5.41) is 48.5. The number of ketones is 2. The highest BCUT2D eigenvalue weighted by molar-refractivity contribution is 6.24. The first-order valence-electron chi connectivity index (χ1n) is 13.3. The first kappa shape index (κ1) is 30.1. The van der Waals surface area contributed by atoms with E-state index in [1.165, 1.54) is 25.1 Å². The summed E-state index contributed by atoms with van der Waals surface area (Å²) in [6, 6.07) is 1.78. The lowest BCUT2D eigenvalue weighted by Crippen LogP contribution is -2.68. The van der Waals surface area contributed by atoms with E-state index in [4.69, 9.17) is 5.73 Å². The molecule has 0 heterocycles. The van der Waals surface area contributed by atoms with Crippen LogP contribution in [0.1, 0.15) is 38.3 Å². The summed E-state index contributed by atoms with van der Waals surface area (Å²) in [6.45, 7) is 4.98. The van der Waals surface area contributed by atoms with Gasteiger partial charge in [0.1, 0.15) is 22.8 Å². The number of hydrogen-bond donors (Lipinski definition) is 6. The fourth-order valence-corrected chi connectivity index (χ4v) is 6.57. The molecule has 4 rings (SSSR count). The van der Waals surface area contributed by atoms with Crippen molar-refractivity contribution in [2.45, 2.75) is 45.3 Å². The van der Waals surface area contributed by atoms with Gasteiger partial charge in [0, 0.05) is 48.6 Å². The molecule has 2 amide bonds. The monoisotopic (exact) mass is 570 g/mol. The normalized spacial score (nSPS) is 27.8. The van der Waals surface area contributed by atoms with Crippen LogP contribution in [0.2, 0.25) is 0 Å². The van der Waals surface area contributed by atoms with Gasteiger partial charge in [0.25, 0.3) is 5.91 Å². The number of nitrogens with two attached hydrogens (primary N) is 1. The van der Waals surface area contributed by atoms with Gasteiger partial charge in [-0.2, -0.15) is 0 Å². The zero-order valence-corrected chi connectivity index (χ0v) is 24.3. The zero-order valence-electron chi connectivity index (χ0n) is 24.3. The maximum atomic E-state index is 14.4. The number of nitrogens with zero attached hydrogens (tertiary/aromatic N) is 2. The Morgan fingerprint density at radius 3 is 2.22 bits per heavy atom. The largest absolute Gasteiger partial charge is 0.508 e. The molecule has 1 aromatic carbocycles. The molecule has 0 radical (unpaired) electrons. The van der Waals surface area contributed by atoms with Crippen molar-refractivity contribution < 1.29 is 39.6 Å². The molecule has 3 aliphatic rings. The maximum absolute atomic E-state index is 14.4. The summed E-state index contributed by atoms with van der Waals surface area (Å²) in [6.07, 6.45) is -0.125. The van der Waals surface area contributed by atoms with Crippen molar-refractivity contribution in [1.29, 1.82) is 0 Å². The molecule has 0 spiro atoms. The summed E-state index contributed by atoms with van der Waals surface area (Å²) in [7, 11) is 6.61. The van der Waals surface area contributed by atoms with Crippen LogP contribution >= 0.6 is 0 Å². The summed E-state index contributed by atoms with van der Waals surface area (Å²) in [4.78, 5) is 56.4. The third-order valence-electron chi connectivity index (χ3n) is 8.55. The fraction of sp³-hybridized carbons (Fsp3) is 0.517. The van der Waals surface area contributed by atoms with Crippen molar-refractivity contribution in [3.05, 3.63) is 40.2 Å². The quantitative estimate of drug-likeness (QED) is 0.272. The molecule has 222 valence electrons.